The summed E-state index contributed by atoms with van der Waals surface area (Å²) in [6.07, 6.45) is 67.2. The molecule has 8 aromatic rings. The molecule has 25 rings (SSSR count). The van der Waals surface area contributed by atoms with Crippen molar-refractivity contribution in [2.24, 2.45) is 71.0 Å². The first-order chi connectivity index (χ1) is 53.8. The van der Waals surface area contributed by atoms with Crippen LogP contribution in [0.5, 0.6) is 23.0 Å². The second kappa shape index (κ2) is 24.6. The van der Waals surface area contributed by atoms with Gasteiger partial charge in [-0.2, -0.15) is 0 Å². The molecule has 550 valence electrons. The maximum absolute atomic E-state index is 15.5. The molecule has 111 heavy (non-hydrogen) atoms. The first-order valence-electron chi connectivity index (χ1n) is 41.3. The molecular weight excluding hydrogens is 1360 g/mol. The van der Waals surface area contributed by atoms with Crippen molar-refractivity contribution in [3.8, 4) is 130 Å². The van der Waals surface area contributed by atoms with Crippen molar-refractivity contribution in [1.29, 1.82) is 0 Å². The zero-order chi connectivity index (χ0) is 75.5. The predicted molar refractivity (Wildman–Crippen MR) is 437 cm³/mol. The third-order valence-corrected chi connectivity index (χ3v) is 31.5. The lowest BCUT2D eigenvalue weighted by molar-refractivity contribution is -0.00894. The zero-order valence-corrected chi connectivity index (χ0v) is 63.0. The molecular formula is C103H92N2O6. The number of amides is 2. The summed E-state index contributed by atoms with van der Waals surface area (Å²) in [7, 11) is 0. The molecule has 16 bridgehead atoms. The number of anilines is 2. The van der Waals surface area contributed by atoms with E-state index in [4.69, 9.17) is 38.5 Å². The molecule has 0 heterocycles. The van der Waals surface area contributed by atoms with Gasteiger partial charge in [0.25, 0.3) is 11.8 Å². The van der Waals surface area contributed by atoms with Gasteiger partial charge in [-0.1, -0.05) is 84.1 Å². The number of nitrogens with one attached hydrogen (secondary N) is 2. The summed E-state index contributed by atoms with van der Waals surface area (Å²) >= 11 is 0. The Hall–Kier alpha value is -10.7. The number of fused-ring (bicyclic) bond motifs is 3. The Kier molecular flexibility index (Phi) is 15.2. The normalized spacial score (nSPS) is 31.5. The van der Waals surface area contributed by atoms with Gasteiger partial charge in [0.05, 0.1) is 39.0 Å². The third-order valence-electron chi connectivity index (χ3n) is 31.5. The van der Waals surface area contributed by atoms with Crippen LogP contribution in [0.4, 0.5) is 11.4 Å². The highest BCUT2D eigenvalue weighted by molar-refractivity contribution is 6.10. The van der Waals surface area contributed by atoms with Crippen LogP contribution in [0, 0.1) is 145 Å². The lowest BCUT2D eigenvalue weighted by atomic mass is 9.45. The highest BCUT2D eigenvalue weighted by atomic mass is 16.3. The van der Waals surface area contributed by atoms with Gasteiger partial charge in [-0.3, -0.25) is 9.59 Å². The van der Waals surface area contributed by atoms with Gasteiger partial charge in [0, 0.05) is 33.4 Å². The molecule has 2 amide bonds. The number of carbonyl (C=O) groups excluding carboxylic acids is 2. The van der Waals surface area contributed by atoms with Gasteiger partial charge in [-0.05, 0) is 386 Å². The molecule has 0 aliphatic heterocycles. The van der Waals surface area contributed by atoms with E-state index in [9.17, 15) is 20.4 Å². The van der Waals surface area contributed by atoms with Crippen molar-refractivity contribution in [3.05, 3.63) is 210 Å². The highest BCUT2D eigenvalue weighted by Crippen LogP contribution is 2.73. The van der Waals surface area contributed by atoms with E-state index in [1.165, 1.54) is 110 Å². The quantitative estimate of drug-likeness (QED) is 0.0674. The van der Waals surface area contributed by atoms with Crippen molar-refractivity contribution in [2.75, 3.05) is 10.6 Å². The number of hydrogen-bond acceptors (Lipinski definition) is 6. The third kappa shape index (κ3) is 10.2. The Labute approximate surface area is 652 Å². The Bertz CT molecular complexity index is 5240. The van der Waals surface area contributed by atoms with E-state index < -0.39 is 17.2 Å². The minimum atomic E-state index is -1.53. The highest BCUT2D eigenvalue weighted by Gasteiger charge is 2.63. The molecule has 6 N–H and O–H groups in total. The van der Waals surface area contributed by atoms with E-state index in [1.807, 2.05) is 0 Å². The molecule has 8 heteroatoms. The van der Waals surface area contributed by atoms with Gasteiger partial charge in [0.2, 0.25) is 0 Å². The lowest BCUT2D eigenvalue weighted by Crippen LogP contribution is -2.50. The van der Waals surface area contributed by atoms with E-state index in [2.05, 4.69) is 82.6 Å². The molecule has 8 nitrogen and oxygen atoms in total. The van der Waals surface area contributed by atoms with Crippen LogP contribution in [0.3, 0.4) is 0 Å². The van der Waals surface area contributed by atoms with Gasteiger partial charge in [0.15, 0.2) is 0 Å². The summed E-state index contributed by atoms with van der Waals surface area (Å²) in [6.45, 7) is 0. The molecule has 0 spiro atoms. The molecule has 0 radical (unpaired) electrons. The predicted octanol–water partition coefficient (Wildman–Crippen LogP) is 20.5. The Morgan fingerprint density at radius 1 is 0.324 bits per heavy atom. The maximum atomic E-state index is 15.5. The SMILES string of the molecule is C#Cc1cccc(C(=O)Nc2c(-c3cc(O)ccc3C3(c4ccc(O)cc4-c4cc(C#C)c(O)c(C#C)c4NC(=O)c4cccc(C#C)c4)c4cc(C56CC7CC(CC(C7)C5)C6)cc(C56CC7CC(CC(C7)C5)C6)c4-c4c(C56CC7CC(CC(C7)C5)C6)cc(C56CC7CC(CC(C7)C5)C6)cc43)cc(C#C)c(O)c2C#C)c1. The first-order valence-corrected chi connectivity index (χ1v) is 41.3. The Balaban J connectivity index is 0.966. The number of aromatic hydroxyl groups is 4. The fraction of sp³-hybridized carbons (Fsp3) is 0.398. The van der Waals surface area contributed by atoms with Crippen molar-refractivity contribution in [2.45, 2.75) is 181 Å². The van der Waals surface area contributed by atoms with Crippen molar-refractivity contribution in [1.82, 2.24) is 0 Å². The summed E-state index contributed by atoms with van der Waals surface area (Å²) < 4.78 is 0. The van der Waals surface area contributed by atoms with E-state index in [-0.39, 0.29) is 89.4 Å². The van der Waals surface area contributed by atoms with E-state index >= 15 is 9.59 Å². The van der Waals surface area contributed by atoms with Crippen molar-refractivity contribution in [3.63, 3.8) is 0 Å². The van der Waals surface area contributed by atoms with Gasteiger partial charge >= 0.3 is 0 Å². The summed E-state index contributed by atoms with van der Waals surface area (Å²) in [5.74, 6) is 21.8. The number of phenolic OH excluding ortho intramolecular Hbond substituents is 4. The molecule has 17 aliphatic carbocycles. The minimum absolute atomic E-state index is 0.0508. The molecule has 0 saturated heterocycles. The van der Waals surface area contributed by atoms with Crippen molar-refractivity contribution < 1.29 is 30.0 Å². The van der Waals surface area contributed by atoms with Crippen LogP contribution in [0.25, 0.3) is 33.4 Å². The summed E-state index contributed by atoms with van der Waals surface area (Å²) in [6, 6.07) is 39.5. The molecule has 16 fully saturated rings. The molecule has 0 unspecified atom stereocenters. The van der Waals surface area contributed by atoms with Crippen LogP contribution < -0.4 is 10.6 Å². The topological polar surface area (TPSA) is 139 Å². The number of carbonyl (C=O) groups is 2. The van der Waals surface area contributed by atoms with Crippen LogP contribution in [0.2, 0.25) is 0 Å². The lowest BCUT2D eigenvalue weighted by Gasteiger charge is -2.59. The number of phenols is 4. The van der Waals surface area contributed by atoms with E-state index in [1.54, 1.807) is 84.9 Å². The Morgan fingerprint density at radius 2 is 0.631 bits per heavy atom. The molecule has 16 saturated carbocycles. The minimum Gasteiger partial charge on any atom is -0.508 e. The number of benzene rings is 8. The number of hydrogen-bond donors (Lipinski definition) is 6. The summed E-state index contributed by atoms with van der Waals surface area (Å²) in [5.41, 5.74) is 13.2. The number of rotatable bonds is 12. The molecule has 0 atom stereocenters. The zero-order valence-electron chi connectivity index (χ0n) is 63.0. The maximum Gasteiger partial charge on any atom is 0.255 e. The average Bonchev–Trinajstić information content (AvgIpc) is 1.50. The van der Waals surface area contributed by atoms with Gasteiger partial charge < -0.3 is 31.1 Å². The Morgan fingerprint density at radius 3 is 0.928 bits per heavy atom. The van der Waals surface area contributed by atoms with Gasteiger partial charge in [-0.15, -0.1) is 38.5 Å². The molecule has 0 aromatic heterocycles. The summed E-state index contributed by atoms with van der Waals surface area (Å²) in [4.78, 5) is 31.0. The molecule has 17 aliphatic rings. The van der Waals surface area contributed by atoms with Crippen molar-refractivity contribution >= 4 is 23.2 Å². The van der Waals surface area contributed by atoms with Gasteiger partial charge in [-0.25, -0.2) is 0 Å². The van der Waals surface area contributed by atoms with E-state index in [0.717, 1.165) is 99.3 Å². The first kappa shape index (κ1) is 68.3. The largest absolute Gasteiger partial charge is 0.508 e. The smallest absolute Gasteiger partial charge is 0.255 e. The average molecular weight is 1450 g/mol. The number of terminal acetylenes is 6. The van der Waals surface area contributed by atoms with Crippen LogP contribution in [0.1, 0.15) is 253 Å². The van der Waals surface area contributed by atoms with E-state index in [0.29, 0.717) is 104 Å². The second-order valence-electron chi connectivity index (χ2n) is 38.0. The van der Waals surface area contributed by atoms with Crippen LogP contribution in [-0.2, 0) is 27.1 Å². The summed E-state index contributed by atoms with van der Waals surface area (Å²) in [5, 5.41) is 57.6. The molecule has 8 aromatic carbocycles. The fourth-order valence-electron chi connectivity index (χ4n) is 29.1. The standard InChI is InChI=1S/C103H92N2O6/c1-7-57-15-13-17-73(35-57)97(110)104-93-79(11-5)95(108)71(9-3)37-83(93)81-43-77(106)19-21-85(81)103(86-22-20-78(107)44-82(86)84-38-72(10-4)96(109)80(12-6)94(84)105-98(111)74-18-14-16-58(8-2)36-74)89-41-75(99-45-59-23-60(46-99)25-61(24-59)47-99)39-87(101-51-65-29-66(52-101)31-67(30-65)53-101)91(89)92-88(102-54-68-32-69(55-102)34-70(33-68)56-102)40-76(42-90(92)103)100-48-62-26-63(49-100)28-64(27-62)50-100/h1-6,13-22,35-44,59-70,106-109H,23-34,45-56H2,(H,104,110)(H,105,111). The van der Waals surface area contributed by atoms with Gasteiger partial charge in [0.1, 0.15) is 23.0 Å². The van der Waals surface area contributed by atoms with Crippen LogP contribution in [0.15, 0.2) is 121 Å². The van der Waals surface area contributed by atoms with Crippen LogP contribution in [-0.4, -0.2) is 32.2 Å². The van der Waals surface area contributed by atoms with Crippen LogP contribution >= 0.6 is 0 Å². The second-order valence-corrected chi connectivity index (χ2v) is 38.0. The fourth-order valence-corrected chi connectivity index (χ4v) is 29.1. The monoisotopic (exact) mass is 1450 g/mol.